The Kier molecular flexibility index (Phi) is 5.22. The van der Waals surface area contributed by atoms with E-state index in [9.17, 15) is 4.79 Å². The molecule has 156 valence electrons. The van der Waals surface area contributed by atoms with Crippen molar-refractivity contribution in [3.63, 3.8) is 0 Å². The maximum atomic E-state index is 13.7. The molecule has 3 aromatic carbocycles. The second-order valence-electron chi connectivity index (χ2n) is 7.88. The lowest BCUT2D eigenvalue weighted by molar-refractivity contribution is 0.103. The smallest absolute Gasteiger partial charge is 0.196 e. The third-order valence-electron chi connectivity index (χ3n) is 5.99. The van der Waals surface area contributed by atoms with Gasteiger partial charge in [0.1, 0.15) is 5.75 Å². The highest BCUT2D eigenvalue weighted by molar-refractivity contribution is 7.16. The molecule has 1 aromatic heterocycles. The molecule has 0 radical (unpaired) electrons. The number of thiophene rings is 1. The number of hydrogen-bond acceptors (Lipinski definition) is 5. The molecule has 0 aliphatic carbocycles. The van der Waals surface area contributed by atoms with Crippen LogP contribution in [0.15, 0.2) is 66.7 Å². The van der Waals surface area contributed by atoms with Gasteiger partial charge in [-0.15, -0.1) is 11.3 Å². The Balaban J connectivity index is 1.48. The third-order valence-corrected chi connectivity index (χ3v) is 7.03. The number of methoxy groups -OCH3 is 1. The highest BCUT2D eigenvalue weighted by atomic mass is 32.1. The largest absolute Gasteiger partial charge is 0.496 e. The van der Waals surface area contributed by atoms with Crippen molar-refractivity contribution in [2.75, 3.05) is 19.4 Å². The number of fused-ring (bicyclic) bond motifs is 2. The molecule has 2 heterocycles. The van der Waals surface area contributed by atoms with Crippen LogP contribution < -0.4 is 10.5 Å². The molecule has 0 saturated carbocycles. The summed E-state index contributed by atoms with van der Waals surface area (Å²) in [5, 5.41) is 2.46. The van der Waals surface area contributed by atoms with Crippen LogP contribution in [0.3, 0.4) is 0 Å². The first-order valence-corrected chi connectivity index (χ1v) is 11.2. The molecule has 2 N–H and O–H groups in total. The number of hydrogen-bond donors (Lipinski definition) is 1. The van der Waals surface area contributed by atoms with E-state index in [0.29, 0.717) is 16.1 Å². The number of ketones is 1. The highest BCUT2D eigenvalue weighted by Gasteiger charge is 2.28. The molecule has 0 atom stereocenters. The minimum atomic E-state index is 0.00497. The number of carbonyl (C=O) groups excluding carboxylic acids is 1. The van der Waals surface area contributed by atoms with Gasteiger partial charge in [-0.05, 0) is 35.1 Å². The van der Waals surface area contributed by atoms with E-state index in [4.69, 9.17) is 10.5 Å². The molecule has 1 aliphatic heterocycles. The molecule has 4 aromatic rings. The predicted octanol–water partition coefficient (Wildman–Crippen LogP) is 5.28. The highest BCUT2D eigenvalue weighted by Crippen LogP contribution is 2.38. The molecule has 0 spiro atoms. The number of rotatable bonds is 5. The summed E-state index contributed by atoms with van der Waals surface area (Å²) in [4.78, 5) is 17.3. The van der Waals surface area contributed by atoms with E-state index in [1.807, 2.05) is 42.5 Å². The molecule has 31 heavy (non-hydrogen) atoms. The molecule has 5 rings (SSSR count). The molecule has 0 bridgehead atoms. The molecule has 5 heteroatoms. The van der Waals surface area contributed by atoms with Crippen LogP contribution >= 0.6 is 11.3 Å². The van der Waals surface area contributed by atoms with Crippen molar-refractivity contribution >= 4 is 32.9 Å². The van der Waals surface area contributed by atoms with Crippen molar-refractivity contribution in [3.8, 4) is 5.75 Å². The summed E-state index contributed by atoms with van der Waals surface area (Å²) < 4.78 is 5.49. The summed E-state index contributed by atoms with van der Waals surface area (Å²) in [6, 6.07) is 22.1. The Labute approximate surface area is 185 Å². The van der Waals surface area contributed by atoms with Gasteiger partial charge in [-0.2, -0.15) is 0 Å². The fourth-order valence-electron chi connectivity index (χ4n) is 4.49. The van der Waals surface area contributed by atoms with Gasteiger partial charge in [-0.1, -0.05) is 54.6 Å². The Bertz CT molecular complexity index is 1260. The van der Waals surface area contributed by atoms with E-state index in [-0.39, 0.29) is 5.78 Å². The van der Waals surface area contributed by atoms with Gasteiger partial charge >= 0.3 is 0 Å². The Morgan fingerprint density at radius 2 is 1.77 bits per heavy atom. The number of ether oxygens (including phenoxy) is 1. The zero-order chi connectivity index (χ0) is 21.4. The molecular formula is C26H24N2O2S. The van der Waals surface area contributed by atoms with Crippen molar-refractivity contribution in [2.24, 2.45) is 0 Å². The van der Waals surface area contributed by atoms with Gasteiger partial charge in [-0.25, -0.2) is 0 Å². The quantitative estimate of drug-likeness (QED) is 0.439. The maximum Gasteiger partial charge on any atom is 0.196 e. The third kappa shape index (κ3) is 3.60. The van der Waals surface area contributed by atoms with Crippen LogP contribution in [-0.2, 0) is 19.5 Å². The second-order valence-corrected chi connectivity index (χ2v) is 9.02. The average molecular weight is 429 g/mol. The Hall–Kier alpha value is -3.15. The van der Waals surface area contributed by atoms with Crippen LogP contribution in [0.25, 0.3) is 10.8 Å². The van der Waals surface area contributed by atoms with E-state index in [1.54, 1.807) is 18.4 Å². The predicted molar refractivity (Wildman–Crippen MR) is 127 cm³/mol. The van der Waals surface area contributed by atoms with Gasteiger partial charge in [0.25, 0.3) is 0 Å². The van der Waals surface area contributed by atoms with E-state index in [2.05, 4.69) is 29.2 Å². The van der Waals surface area contributed by atoms with Crippen LogP contribution in [0.5, 0.6) is 5.75 Å². The minimum Gasteiger partial charge on any atom is -0.496 e. The summed E-state index contributed by atoms with van der Waals surface area (Å²) in [6.07, 6.45) is 0.838. The molecule has 0 saturated heterocycles. The summed E-state index contributed by atoms with van der Waals surface area (Å²) in [5.74, 6) is 0.773. The van der Waals surface area contributed by atoms with Crippen molar-refractivity contribution in [2.45, 2.75) is 19.5 Å². The summed E-state index contributed by atoms with van der Waals surface area (Å²) in [6.45, 7) is 2.65. The molecule has 1 aliphatic rings. The van der Waals surface area contributed by atoms with Crippen LogP contribution in [0.1, 0.15) is 31.9 Å². The van der Waals surface area contributed by atoms with Crippen molar-refractivity contribution in [1.82, 2.24) is 4.90 Å². The molecular weight excluding hydrogens is 404 g/mol. The second kappa shape index (κ2) is 8.17. The summed E-state index contributed by atoms with van der Waals surface area (Å²) >= 11 is 1.56. The Morgan fingerprint density at radius 1 is 1.03 bits per heavy atom. The lowest BCUT2D eigenvalue weighted by Gasteiger charge is -2.27. The van der Waals surface area contributed by atoms with E-state index in [1.165, 1.54) is 10.4 Å². The lowest BCUT2D eigenvalue weighted by Crippen LogP contribution is -2.29. The lowest BCUT2D eigenvalue weighted by atomic mass is 9.93. The van der Waals surface area contributed by atoms with E-state index in [0.717, 1.165) is 48.1 Å². The number of benzene rings is 3. The maximum absolute atomic E-state index is 13.7. The van der Waals surface area contributed by atoms with Gasteiger partial charge in [0, 0.05) is 35.5 Å². The normalized spacial score (nSPS) is 13.8. The number of carbonyl (C=O) groups is 1. The van der Waals surface area contributed by atoms with Gasteiger partial charge in [0.15, 0.2) is 5.78 Å². The van der Waals surface area contributed by atoms with Crippen molar-refractivity contribution in [1.29, 1.82) is 0 Å². The fourth-order valence-corrected chi connectivity index (χ4v) is 5.64. The molecule has 0 unspecified atom stereocenters. The number of anilines is 1. The standard InChI is InChI=1S/C26H24N2O2S/c1-30-22-12-11-20(18-9-5-6-10-19(18)22)25(29)24-21-13-14-28(16-23(21)31-26(24)27)15-17-7-3-2-4-8-17/h2-12H,13-16,27H2,1H3. The van der Waals surface area contributed by atoms with Crippen LogP contribution in [0, 0.1) is 0 Å². The number of nitrogens with zero attached hydrogens (tertiary/aromatic N) is 1. The summed E-state index contributed by atoms with van der Waals surface area (Å²) in [7, 11) is 1.65. The van der Waals surface area contributed by atoms with Gasteiger partial charge in [0.05, 0.1) is 17.7 Å². The number of nitrogen functional groups attached to an aromatic ring is 1. The molecule has 0 amide bonds. The first-order valence-electron chi connectivity index (χ1n) is 10.4. The fraction of sp³-hybridized carbons (Fsp3) is 0.192. The van der Waals surface area contributed by atoms with Crippen molar-refractivity contribution in [3.05, 3.63) is 93.9 Å². The van der Waals surface area contributed by atoms with E-state index >= 15 is 0 Å². The summed E-state index contributed by atoms with van der Waals surface area (Å²) in [5.41, 5.74) is 10.2. The van der Waals surface area contributed by atoms with Crippen LogP contribution in [0.2, 0.25) is 0 Å². The van der Waals surface area contributed by atoms with Crippen LogP contribution in [0.4, 0.5) is 5.00 Å². The van der Waals surface area contributed by atoms with Gasteiger partial charge in [0.2, 0.25) is 0 Å². The average Bonchev–Trinajstić information content (AvgIpc) is 3.13. The number of nitrogens with two attached hydrogens (primary N) is 1. The first-order chi connectivity index (χ1) is 15.2. The zero-order valence-corrected chi connectivity index (χ0v) is 18.2. The minimum absolute atomic E-state index is 0.00497. The van der Waals surface area contributed by atoms with E-state index < -0.39 is 0 Å². The first kappa shape index (κ1) is 19.8. The monoisotopic (exact) mass is 428 g/mol. The van der Waals surface area contributed by atoms with Crippen LogP contribution in [-0.4, -0.2) is 24.3 Å². The SMILES string of the molecule is COc1ccc(C(=O)c2c(N)sc3c2CCN(Cc2ccccc2)C3)c2ccccc12. The molecule has 0 fully saturated rings. The Morgan fingerprint density at radius 3 is 2.55 bits per heavy atom. The van der Waals surface area contributed by atoms with Gasteiger partial charge in [-0.3, -0.25) is 9.69 Å². The molecule has 4 nitrogen and oxygen atoms in total. The zero-order valence-electron chi connectivity index (χ0n) is 17.4. The topological polar surface area (TPSA) is 55.6 Å². The van der Waals surface area contributed by atoms with Gasteiger partial charge < -0.3 is 10.5 Å². The van der Waals surface area contributed by atoms with Crippen molar-refractivity contribution < 1.29 is 9.53 Å².